The van der Waals surface area contributed by atoms with E-state index in [1.807, 2.05) is 4.90 Å². The van der Waals surface area contributed by atoms with Crippen LogP contribution in [-0.2, 0) is 14.3 Å². The van der Waals surface area contributed by atoms with E-state index in [-0.39, 0.29) is 22.1 Å². The first-order valence-electron chi connectivity index (χ1n) is 7.40. The Bertz CT molecular complexity index is 592. The molecule has 23 heavy (non-hydrogen) atoms. The normalized spacial score (nSPS) is 19.3. The second-order valence-corrected chi connectivity index (χ2v) is 6.13. The number of methoxy groups -OCH3 is 1. The van der Waals surface area contributed by atoms with Crippen molar-refractivity contribution < 1.29 is 19.0 Å². The zero-order chi connectivity index (χ0) is 16.4. The minimum absolute atomic E-state index is 0.0323. The molecule has 1 saturated heterocycles. The van der Waals surface area contributed by atoms with Gasteiger partial charge in [-0.3, -0.25) is 0 Å². The Kier molecular flexibility index (Phi) is 5.08. The van der Waals surface area contributed by atoms with Crippen LogP contribution in [0.4, 0.5) is 5.82 Å². The maximum absolute atomic E-state index is 12.0. The number of carbonyl (C=O) groups excluding carboxylic acids is 1. The van der Waals surface area contributed by atoms with Gasteiger partial charge in [0.1, 0.15) is 0 Å². The van der Waals surface area contributed by atoms with Crippen LogP contribution in [0.1, 0.15) is 12.8 Å². The predicted molar refractivity (Wildman–Crippen MR) is 84.2 cm³/mol. The highest BCUT2D eigenvalue weighted by Crippen LogP contribution is 2.40. The lowest BCUT2D eigenvalue weighted by Gasteiger charge is -2.30. The molecule has 0 spiro atoms. The van der Waals surface area contributed by atoms with Crippen LogP contribution in [0.25, 0.3) is 0 Å². The molecule has 0 bridgehead atoms. The lowest BCUT2D eigenvalue weighted by molar-refractivity contribution is -0.149. The van der Waals surface area contributed by atoms with E-state index >= 15 is 0 Å². The Morgan fingerprint density at radius 3 is 2.61 bits per heavy atom. The average molecular weight is 362 g/mol. The first-order valence-corrected chi connectivity index (χ1v) is 8.16. The van der Waals surface area contributed by atoms with Gasteiger partial charge in [0.05, 0.1) is 20.3 Å². The smallest absolute Gasteiger partial charge is 0.347 e. The summed E-state index contributed by atoms with van der Waals surface area (Å²) < 4.78 is 16.1. The van der Waals surface area contributed by atoms with Crippen molar-refractivity contribution in [1.82, 2.24) is 9.97 Å². The van der Waals surface area contributed by atoms with E-state index in [0.29, 0.717) is 32.1 Å². The van der Waals surface area contributed by atoms with Gasteiger partial charge in [-0.2, -0.15) is 4.98 Å². The van der Waals surface area contributed by atoms with Crippen molar-refractivity contribution in [1.29, 1.82) is 0 Å². The SMILES string of the molecule is COC(=O)C(Oc1c(Cl)nc(Cl)nc1N1CCOCC1)C1CC1. The van der Waals surface area contributed by atoms with Crippen molar-refractivity contribution in [3.8, 4) is 5.75 Å². The van der Waals surface area contributed by atoms with Crippen molar-refractivity contribution in [2.24, 2.45) is 5.92 Å². The molecule has 0 aromatic carbocycles. The summed E-state index contributed by atoms with van der Waals surface area (Å²) in [4.78, 5) is 22.1. The summed E-state index contributed by atoms with van der Waals surface area (Å²) in [6.07, 6.45) is 1.12. The van der Waals surface area contributed by atoms with E-state index in [9.17, 15) is 4.79 Å². The van der Waals surface area contributed by atoms with Crippen LogP contribution in [0, 0.1) is 5.92 Å². The summed E-state index contributed by atoms with van der Waals surface area (Å²) in [6, 6.07) is 0. The molecule has 2 fully saturated rings. The largest absolute Gasteiger partial charge is 0.471 e. The second-order valence-electron chi connectivity index (χ2n) is 5.43. The molecule has 2 heterocycles. The summed E-state index contributed by atoms with van der Waals surface area (Å²) >= 11 is 12.1. The molecule has 0 radical (unpaired) electrons. The number of morpholine rings is 1. The highest BCUT2D eigenvalue weighted by Gasteiger charge is 2.40. The Morgan fingerprint density at radius 2 is 2.00 bits per heavy atom. The fraction of sp³-hybridized carbons (Fsp3) is 0.643. The van der Waals surface area contributed by atoms with Gasteiger partial charge < -0.3 is 19.1 Å². The third-order valence-corrected chi connectivity index (χ3v) is 4.24. The molecule has 1 unspecified atom stereocenters. The van der Waals surface area contributed by atoms with E-state index < -0.39 is 12.1 Å². The number of esters is 1. The van der Waals surface area contributed by atoms with Gasteiger partial charge in [-0.15, -0.1) is 0 Å². The van der Waals surface area contributed by atoms with Crippen molar-refractivity contribution >= 4 is 35.0 Å². The number of carbonyl (C=O) groups is 1. The van der Waals surface area contributed by atoms with Crippen molar-refractivity contribution in [2.45, 2.75) is 18.9 Å². The summed E-state index contributed by atoms with van der Waals surface area (Å²) in [6.45, 7) is 2.40. The summed E-state index contributed by atoms with van der Waals surface area (Å²) in [5, 5.41) is 0.117. The number of hydrogen-bond acceptors (Lipinski definition) is 7. The fourth-order valence-corrected chi connectivity index (χ4v) is 2.87. The number of rotatable bonds is 5. The molecule has 126 valence electrons. The Hall–Kier alpha value is -1.31. The summed E-state index contributed by atoms with van der Waals surface area (Å²) in [5.74, 6) is 0.450. The monoisotopic (exact) mass is 361 g/mol. The number of halogens is 2. The number of nitrogens with zero attached hydrogens (tertiary/aromatic N) is 3. The van der Waals surface area contributed by atoms with E-state index in [1.165, 1.54) is 7.11 Å². The van der Waals surface area contributed by atoms with E-state index in [1.54, 1.807) is 0 Å². The van der Waals surface area contributed by atoms with Crippen LogP contribution in [0.2, 0.25) is 10.4 Å². The fourth-order valence-electron chi connectivity index (χ4n) is 2.46. The van der Waals surface area contributed by atoms with Crippen LogP contribution < -0.4 is 9.64 Å². The van der Waals surface area contributed by atoms with E-state index in [4.69, 9.17) is 37.4 Å². The maximum Gasteiger partial charge on any atom is 0.347 e. The first kappa shape index (κ1) is 16.5. The van der Waals surface area contributed by atoms with Crippen LogP contribution in [0.5, 0.6) is 5.75 Å². The maximum atomic E-state index is 12.0. The Balaban J connectivity index is 1.91. The van der Waals surface area contributed by atoms with Gasteiger partial charge >= 0.3 is 5.97 Å². The van der Waals surface area contributed by atoms with Gasteiger partial charge in [-0.25, -0.2) is 9.78 Å². The highest BCUT2D eigenvalue weighted by molar-refractivity contribution is 6.33. The van der Waals surface area contributed by atoms with Crippen molar-refractivity contribution in [3.63, 3.8) is 0 Å². The summed E-state index contributed by atoms with van der Waals surface area (Å²) in [7, 11) is 1.34. The summed E-state index contributed by atoms with van der Waals surface area (Å²) in [5.41, 5.74) is 0. The Labute approximate surface area is 143 Å². The molecule has 1 aromatic rings. The van der Waals surface area contributed by atoms with Crippen LogP contribution in [0.3, 0.4) is 0 Å². The van der Waals surface area contributed by atoms with Gasteiger partial charge in [0.25, 0.3) is 0 Å². The predicted octanol–water partition coefficient (Wildman–Crippen LogP) is 1.95. The number of aromatic nitrogens is 2. The van der Waals surface area contributed by atoms with E-state index in [2.05, 4.69) is 9.97 Å². The second kappa shape index (κ2) is 7.07. The molecule has 0 N–H and O–H groups in total. The molecule has 9 heteroatoms. The molecule has 1 aliphatic carbocycles. The highest BCUT2D eigenvalue weighted by atomic mass is 35.5. The third kappa shape index (κ3) is 3.79. The zero-order valence-corrected chi connectivity index (χ0v) is 14.1. The molecular weight excluding hydrogens is 345 g/mol. The van der Waals surface area contributed by atoms with Gasteiger partial charge in [0.2, 0.25) is 5.28 Å². The quantitative estimate of drug-likeness (QED) is 0.450. The van der Waals surface area contributed by atoms with Crippen molar-refractivity contribution in [3.05, 3.63) is 10.4 Å². The zero-order valence-electron chi connectivity index (χ0n) is 12.6. The van der Waals surface area contributed by atoms with Gasteiger partial charge in [0.15, 0.2) is 22.8 Å². The molecule has 3 rings (SSSR count). The molecule has 0 amide bonds. The lowest BCUT2D eigenvalue weighted by Crippen LogP contribution is -2.38. The van der Waals surface area contributed by atoms with Crippen molar-refractivity contribution in [2.75, 3.05) is 38.3 Å². The molecule has 1 aromatic heterocycles. The average Bonchev–Trinajstić information content (AvgIpc) is 3.38. The molecule has 7 nitrogen and oxygen atoms in total. The first-order chi connectivity index (χ1) is 11.1. The molecule has 2 aliphatic rings. The topological polar surface area (TPSA) is 73.8 Å². The van der Waals surface area contributed by atoms with Gasteiger partial charge in [-0.1, -0.05) is 11.6 Å². The number of ether oxygens (including phenoxy) is 3. The number of anilines is 1. The van der Waals surface area contributed by atoms with Gasteiger partial charge in [0, 0.05) is 19.0 Å². The van der Waals surface area contributed by atoms with E-state index in [0.717, 1.165) is 12.8 Å². The van der Waals surface area contributed by atoms with Crippen LogP contribution in [0.15, 0.2) is 0 Å². The van der Waals surface area contributed by atoms with Gasteiger partial charge in [-0.05, 0) is 24.4 Å². The minimum atomic E-state index is -0.706. The van der Waals surface area contributed by atoms with Crippen LogP contribution in [-0.4, -0.2) is 55.5 Å². The molecule has 1 aliphatic heterocycles. The molecule has 1 saturated carbocycles. The lowest BCUT2D eigenvalue weighted by atomic mass is 10.2. The standard InChI is InChI=1S/C14H17Cl2N3O4/c1-21-13(20)9(8-2-3-8)23-10-11(15)17-14(16)18-12(10)19-4-6-22-7-5-19/h8-9H,2-7H2,1H3. The molecule has 1 atom stereocenters. The Morgan fingerprint density at radius 1 is 1.30 bits per heavy atom. The minimum Gasteiger partial charge on any atom is -0.471 e. The van der Waals surface area contributed by atoms with Crippen LogP contribution >= 0.6 is 23.2 Å². The molecular formula is C14H17Cl2N3O4. The number of hydrogen-bond donors (Lipinski definition) is 0. The third-order valence-electron chi connectivity index (χ3n) is 3.82.